The topological polar surface area (TPSA) is 81.7 Å². The van der Waals surface area contributed by atoms with E-state index in [1.54, 1.807) is 0 Å². The second kappa shape index (κ2) is 9.78. The van der Waals surface area contributed by atoms with Gasteiger partial charge in [-0.15, -0.1) is 0 Å². The zero-order valence-corrected chi connectivity index (χ0v) is 24.5. The van der Waals surface area contributed by atoms with Crippen LogP contribution in [0, 0.1) is 0 Å². The predicted molar refractivity (Wildman–Crippen MR) is 152 cm³/mol. The molecule has 3 aliphatic rings. The maximum atomic E-state index is 6.65. The highest BCUT2D eigenvalue weighted by Gasteiger charge is 2.52. The Hall–Kier alpha value is -2.17. The van der Waals surface area contributed by atoms with Gasteiger partial charge >= 0.3 is 0 Å². The molecule has 8 nitrogen and oxygen atoms in total. The predicted octanol–water partition coefficient (Wildman–Crippen LogP) is 5.81. The van der Waals surface area contributed by atoms with Gasteiger partial charge in [-0.2, -0.15) is 4.98 Å². The molecule has 0 radical (unpaired) electrons. The van der Waals surface area contributed by atoms with Gasteiger partial charge in [-0.05, 0) is 49.2 Å². The van der Waals surface area contributed by atoms with Crippen molar-refractivity contribution in [3.8, 4) is 17.3 Å². The maximum absolute atomic E-state index is 6.65. The Morgan fingerprint density at radius 3 is 2.34 bits per heavy atom. The van der Waals surface area contributed by atoms with Crippen molar-refractivity contribution >= 4 is 36.8 Å². The summed E-state index contributed by atoms with van der Waals surface area (Å²) in [7, 11) is -1.94. The first-order valence-corrected chi connectivity index (χ1v) is 16.9. The number of ether oxygens (including phenoxy) is 3. The lowest BCUT2D eigenvalue weighted by Crippen LogP contribution is -2.47. The highest BCUT2D eigenvalue weighted by Crippen LogP contribution is 2.40. The van der Waals surface area contributed by atoms with Crippen LogP contribution >= 0.6 is 11.6 Å². The number of pyridine rings is 1. The molecule has 0 saturated carbocycles. The molecule has 2 aromatic heterocycles. The lowest BCUT2D eigenvalue weighted by Gasteiger charge is -2.39. The number of aromatic nitrogens is 3. The van der Waals surface area contributed by atoms with Crippen molar-refractivity contribution in [2.24, 2.45) is 0 Å². The Kier molecular flexibility index (Phi) is 6.71. The number of rotatable bonds is 6. The minimum Gasteiger partial charge on any atom is -0.456 e. The summed E-state index contributed by atoms with van der Waals surface area (Å²) < 4.78 is 25.1. The number of anilines is 1. The molecule has 3 aliphatic heterocycles. The summed E-state index contributed by atoms with van der Waals surface area (Å²) in [6, 6.07) is 10.7. The van der Waals surface area contributed by atoms with Gasteiger partial charge in [0.15, 0.2) is 20.1 Å². The van der Waals surface area contributed by atoms with Crippen LogP contribution in [0.3, 0.4) is 0 Å². The number of nitrogens with one attached hydrogen (secondary N) is 1. The van der Waals surface area contributed by atoms with E-state index in [0.717, 1.165) is 24.2 Å². The summed E-state index contributed by atoms with van der Waals surface area (Å²) in [5.41, 5.74) is 4.19. The molecule has 0 spiro atoms. The molecule has 3 fully saturated rings. The Balaban J connectivity index is 1.16. The smallest absolute Gasteiger partial charge is 0.296 e. The Morgan fingerprint density at radius 2 is 1.66 bits per heavy atom. The van der Waals surface area contributed by atoms with Crippen LogP contribution in [-0.4, -0.2) is 74.0 Å². The molecule has 1 aromatic carbocycles. The molecular formula is C28H37ClN4O4Si. The summed E-state index contributed by atoms with van der Waals surface area (Å²) in [6.45, 7) is 14.4. The molecule has 6 rings (SSSR count). The number of benzene rings is 1. The first-order chi connectivity index (χ1) is 18.1. The molecule has 5 heterocycles. The Bertz CT molecular complexity index is 1300. The van der Waals surface area contributed by atoms with Crippen molar-refractivity contribution in [3.05, 3.63) is 35.4 Å². The van der Waals surface area contributed by atoms with Crippen molar-refractivity contribution in [1.29, 1.82) is 0 Å². The average molecular weight is 557 g/mol. The van der Waals surface area contributed by atoms with Gasteiger partial charge in [0.1, 0.15) is 12.2 Å². The fourth-order valence-corrected chi connectivity index (χ4v) is 6.86. The van der Waals surface area contributed by atoms with Gasteiger partial charge < -0.3 is 28.5 Å². The van der Waals surface area contributed by atoms with Gasteiger partial charge in [-0.3, -0.25) is 0 Å². The quantitative estimate of drug-likeness (QED) is 0.383. The van der Waals surface area contributed by atoms with E-state index in [0.29, 0.717) is 35.6 Å². The van der Waals surface area contributed by atoms with Crippen LogP contribution in [0.25, 0.3) is 22.4 Å². The van der Waals surface area contributed by atoms with E-state index in [4.69, 9.17) is 35.2 Å². The lowest BCUT2D eigenvalue weighted by atomic mass is 10.1. The molecule has 3 aromatic rings. The number of H-pyrrole nitrogens is 1. The van der Waals surface area contributed by atoms with Crippen LogP contribution < -0.4 is 9.64 Å². The molecule has 0 aliphatic carbocycles. The van der Waals surface area contributed by atoms with Crippen LogP contribution in [0.1, 0.15) is 33.6 Å². The van der Waals surface area contributed by atoms with E-state index < -0.39 is 8.32 Å². The molecule has 1 N–H and O–H groups in total. The minimum atomic E-state index is -1.94. The monoisotopic (exact) mass is 556 g/mol. The molecular weight excluding hydrogens is 520 g/mol. The maximum Gasteiger partial charge on any atom is 0.296 e. The number of hydrogen-bond acceptors (Lipinski definition) is 7. The summed E-state index contributed by atoms with van der Waals surface area (Å²) in [6.07, 6.45) is 1.81. The van der Waals surface area contributed by atoms with Crippen LogP contribution in [0.2, 0.25) is 23.2 Å². The number of hydrogen-bond donors (Lipinski definition) is 1. The van der Waals surface area contributed by atoms with Crippen molar-refractivity contribution in [1.82, 2.24) is 15.0 Å². The van der Waals surface area contributed by atoms with E-state index in [9.17, 15) is 0 Å². The normalized spacial score (nSPS) is 25.9. The van der Waals surface area contributed by atoms with E-state index >= 15 is 0 Å². The zero-order chi connectivity index (χ0) is 26.7. The van der Waals surface area contributed by atoms with Crippen LogP contribution in [0.5, 0.6) is 6.01 Å². The van der Waals surface area contributed by atoms with Crippen LogP contribution in [0.4, 0.5) is 5.69 Å². The van der Waals surface area contributed by atoms with E-state index in [2.05, 4.69) is 73.0 Å². The molecule has 0 bridgehead atoms. The van der Waals surface area contributed by atoms with Gasteiger partial charge in [0.25, 0.3) is 6.01 Å². The van der Waals surface area contributed by atoms with E-state index in [1.165, 1.54) is 18.5 Å². The molecule has 3 saturated heterocycles. The first-order valence-electron chi connectivity index (χ1n) is 13.6. The number of fused-ring (bicyclic) bond motifs is 2. The second-order valence-electron chi connectivity index (χ2n) is 12.1. The number of halogens is 1. The van der Waals surface area contributed by atoms with Crippen molar-refractivity contribution < 1.29 is 18.6 Å². The summed E-state index contributed by atoms with van der Waals surface area (Å²) >= 11 is 6.65. The van der Waals surface area contributed by atoms with E-state index in [1.807, 2.05) is 6.07 Å². The van der Waals surface area contributed by atoms with Crippen molar-refractivity contribution in [3.63, 3.8) is 0 Å². The van der Waals surface area contributed by atoms with E-state index in [-0.39, 0.29) is 29.5 Å². The lowest BCUT2D eigenvalue weighted by molar-refractivity contribution is 0.0116. The Morgan fingerprint density at radius 1 is 1.00 bits per heavy atom. The second-order valence-corrected chi connectivity index (χ2v) is 17.3. The van der Waals surface area contributed by atoms with Gasteiger partial charge in [-0.1, -0.05) is 44.5 Å². The third kappa shape index (κ3) is 4.84. The van der Waals surface area contributed by atoms with Gasteiger partial charge in [-0.25, -0.2) is 4.98 Å². The third-order valence-corrected chi connectivity index (χ3v) is 13.3. The number of nitrogens with zero attached hydrogens (tertiary/aromatic N) is 3. The highest BCUT2D eigenvalue weighted by molar-refractivity contribution is 6.74. The SMILES string of the molecule is CC(C)(C)[Si](C)(C)O[C@@H]1COC2C1OC[C@H]2Oc1nc2nc(-c3ccc(N4CCCC4)cc3)c(Cl)cc2[nH]1. The van der Waals surface area contributed by atoms with Crippen molar-refractivity contribution in [2.45, 2.75) is 76.2 Å². The largest absolute Gasteiger partial charge is 0.456 e. The third-order valence-electron chi connectivity index (χ3n) is 8.49. The zero-order valence-electron chi connectivity index (χ0n) is 22.8. The molecule has 204 valence electrons. The van der Waals surface area contributed by atoms with Gasteiger partial charge in [0.2, 0.25) is 0 Å². The molecule has 2 unspecified atom stereocenters. The molecule has 4 atom stereocenters. The van der Waals surface area contributed by atoms with Crippen LogP contribution in [0.15, 0.2) is 30.3 Å². The number of imidazole rings is 1. The average Bonchev–Trinajstić information content (AvgIpc) is 3.65. The standard InChI is InChI=1S/C28H37ClN4O4Si/c1-28(2,3)38(4,5)37-22-16-35-24-21(15-34-25(22)24)36-27-30-20-14-19(29)23(31-26(20)32-27)17-8-10-18(11-9-17)33-12-6-7-13-33/h8-11,14,21-22,24-25H,6-7,12-13,15-16H2,1-5H3,(H,30,31,32)/t21-,22-,24?,25?/m1/s1. The number of aromatic amines is 1. The highest BCUT2D eigenvalue weighted by atomic mass is 35.5. The molecule has 10 heteroatoms. The van der Waals surface area contributed by atoms with Crippen molar-refractivity contribution in [2.75, 3.05) is 31.2 Å². The fraction of sp³-hybridized carbons (Fsp3) is 0.571. The van der Waals surface area contributed by atoms with Gasteiger partial charge in [0.05, 0.1) is 35.6 Å². The molecule has 0 amide bonds. The van der Waals surface area contributed by atoms with Crippen LogP contribution in [-0.2, 0) is 13.9 Å². The summed E-state index contributed by atoms with van der Waals surface area (Å²) in [4.78, 5) is 15.0. The molecule has 38 heavy (non-hydrogen) atoms. The van der Waals surface area contributed by atoms with Gasteiger partial charge in [0, 0.05) is 24.3 Å². The first kappa shape index (κ1) is 26.1. The minimum absolute atomic E-state index is 0.0787. The Labute approximate surface area is 230 Å². The fourth-order valence-electron chi connectivity index (χ4n) is 5.29. The summed E-state index contributed by atoms with van der Waals surface area (Å²) in [5, 5.41) is 0.687. The summed E-state index contributed by atoms with van der Waals surface area (Å²) in [5.74, 6) is 0.